The molecule has 0 aliphatic rings. The van der Waals surface area contributed by atoms with E-state index in [2.05, 4.69) is 5.32 Å². The van der Waals surface area contributed by atoms with Gasteiger partial charge in [0.1, 0.15) is 6.04 Å². The van der Waals surface area contributed by atoms with E-state index in [-0.39, 0.29) is 0 Å². The summed E-state index contributed by atoms with van der Waals surface area (Å²) >= 11 is 0. The number of hydrogen-bond acceptors (Lipinski definition) is 3. The van der Waals surface area contributed by atoms with Crippen molar-refractivity contribution in [3.63, 3.8) is 0 Å². The first-order valence-corrected chi connectivity index (χ1v) is 7.72. The van der Waals surface area contributed by atoms with Crippen molar-refractivity contribution in [2.24, 2.45) is 0 Å². The highest BCUT2D eigenvalue weighted by molar-refractivity contribution is 5.95. The molecule has 0 saturated carbocycles. The van der Waals surface area contributed by atoms with E-state index < -0.39 is 35.7 Å². The van der Waals surface area contributed by atoms with E-state index in [1.165, 1.54) is 0 Å². The van der Waals surface area contributed by atoms with Crippen LogP contribution in [-0.4, -0.2) is 34.1 Å². The van der Waals surface area contributed by atoms with E-state index in [0.29, 0.717) is 11.1 Å². The van der Waals surface area contributed by atoms with Crippen LogP contribution in [0.4, 0.5) is 0 Å². The van der Waals surface area contributed by atoms with Crippen LogP contribution in [0.2, 0.25) is 0 Å². The maximum absolute atomic E-state index is 13.0. The van der Waals surface area contributed by atoms with Crippen LogP contribution < -0.4 is 5.32 Å². The molecule has 0 bridgehead atoms. The average Bonchev–Trinajstić information content (AvgIpc) is 2.61. The fraction of sp³-hybridized carbons (Fsp3) is 0.211. The average molecular weight is 341 g/mol. The Kier molecular flexibility index (Phi) is 5.54. The summed E-state index contributed by atoms with van der Waals surface area (Å²) in [5, 5.41) is 20.4. The van der Waals surface area contributed by atoms with Gasteiger partial charge in [0, 0.05) is 0 Å². The smallest absolute Gasteiger partial charge is 0.326 e. The zero-order valence-corrected chi connectivity index (χ0v) is 13.7. The van der Waals surface area contributed by atoms with E-state index >= 15 is 0 Å². The summed E-state index contributed by atoms with van der Waals surface area (Å²) in [6.07, 6.45) is -0.694. The molecule has 0 aromatic heterocycles. The van der Waals surface area contributed by atoms with Gasteiger partial charge in [-0.1, -0.05) is 60.7 Å². The van der Waals surface area contributed by atoms with E-state index in [1.807, 2.05) is 12.1 Å². The maximum Gasteiger partial charge on any atom is 0.326 e. The van der Waals surface area contributed by atoms with Crippen LogP contribution in [0.25, 0.3) is 0 Å². The van der Waals surface area contributed by atoms with E-state index in [0.717, 1.165) is 0 Å². The van der Waals surface area contributed by atoms with E-state index in [9.17, 15) is 19.5 Å². The molecule has 2 aromatic rings. The van der Waals surface area contributed by atoms with Crippen LogP contribution in [0.3, 0.4) is 0 Å². The van der Waals surface area contributed by atoms with Gasteiger partial charge >= 0.3 is 11.9 Å². The molecule has 1 atom stereocenters. The first-order chi connectivity index (χ1) is 11.9. The summed E-state index contributed by atoms with van der Waals surface area (Å²) < 4.78 is 0. The second kappa shape index (κ2) is 7.61. The Morgan fingerprint density at radius 2 is 1.36 bits per heavy atom. The highest BCUT2D eigenvalue weighted by Gasteiger charge is 2.39. The molecular weight excluding hydrogens is 322 g/mol. The second-order valence-electron chi connectivity index (χ2n) is 5.82. The van der Waals surface area contributed by atoms with Crippen LogP contribution in [0.5, 0.6) is 0 Å². The summed E-state index contributed by atoms with van der Waals surface area (Å²) in [6.45, 7) is 1.69. The molecule has 0 radical (unpaired) electrons. The fourth-order valence-corrected chi connectivity index (χ4v) is 2.65. The molecule has 0 unspecified atom stereocenters. The fourth-order valence-electron chi connectivity index (χ4n) is 2.65. The zero-order chi connectivity index (χ0) is 18.4. The Balaban J connectivity index is 2.44. The molecule has 0 saturated heterocycles. The first kappa shape index (κ1) is 18.2. The Morgan fingerprint density at radius 1 is 0.920 bits per heavy atom. The van der Waals surface area contributed by atoms with Crippen molar-refractivity contribution in [2.75, 3.05) is 0 Å². The van der Waals surface area contributed by atoms with Gasteiger partial charge in [0.2, 0.25) is 5.91 Å². The van der Waals surface area contributed by atoms with Gasteiger partial charge in [0.05, 0.1) is 11.8 Å². The van der Waals surface area contributed by atoms with E-state index in [4.69, 9.17) is 5.11 Å². The Labute approximate surface area is 145 Å². The summed E-state index contributed by atoms with van der Waals surface area (Å²) in [7, 11) is 0. The molecule has 0 spiro atoms. The summed E-state index contributed by atoms with van der Waals surface area (Å²) in [5.74, 6) is -3.26. The van der Waals surface area contributed by atoms with Crippen molar-refractivity contribution in [1.82, 2.24) is 5.32 Å². The maximum atomic E-state index is 13.0. The quantitative estimate of drug-likeness (QED) is 0.715. The molecule has 1 amide bonds. The lowest BCUT2D eigenvalue weighted by molar-refractivity contribution is -0.147. The highest BCUT2D eigenvalue weighted by atomic mass is 16.4. The highest BCUT2D eigenvalue weighted by Crippen LogP contribution is 2.32. The molecule has 2 aromatic carbocycles. The number of hydrogen-bond donors (Lipinski definition) is 3. The minimum atomic E-state index is -1.50. The number of aliphatic carboxylic acids is 2. The predicted octanol–water partition coefficient (Wildman–Crippen LogP) is 2.04. The number of benzene rings is 2. The Morgan fingerprint density at radius 3 is 1.72 bits per heavy atom. The predicted molar refractivity (Wildman–Crippen MR) is 91.2 cm³/mol. The normalized spacial score (nSPS) is 12.2. The topological polar surface area (TPSA) is 104 Å². The molecule has 3 N–H and O–H groups in total. The minimum Gasteiger partial charge on any atom is -0.481 e. The number of carbonyl (C=O) groups excluding carboxylic acids is 1. The van der Waals surface area contributed by atoms with Crippen molar-refractivity contribution in [3.05, 3.63) is 71.8 Å². The molecule has 130 valence electrons. The molecule has 0 fully saturated rings. The van der Waals surface area contributed by atoms with Gasteiger partial charge in [-0.05, 0) is 18.1 Å². The monoisotopic (exact) mass is 341 g/mol. The molecule has 6 heteroatoms. The van der Waals surface area contributed by atoms with Crippen molar-refractivity contribution in [1.29, 1.82) is 0 Å². The lowest BCUT2D eigenvalue weighted by Crippen LogP contribution is -2.50. The number of amides is 1. The van der Waals surface area contributed by atoms with Crippen LogP contribution in [0, 0.1) is 0 Å². The van der Waals surface area contributed by atoms with Crippen molar-refractivity contribution in [2.45, 2.75) is 24.8 Å². The molecule has 2 rings (SSSR count). The SMILES string of the molecule is CC(C(=O)N[C@H](CC(=O)O)C(=O)O)(c1ccccc1)c1ccccc1. The Hall–Kier alpha value is -3.15. The third-order valence-electron chi connectivity index (χ3n) is 4.14. The number of carboxylic acids is 2. The van der Waals surface area contributed by atoms with Gasteiger partial charge in [-0.25, -0.2) is 4.79 Å². The van der Waals surface area contributed by atoms with Crippen LogP contribution >= 0.6 is 0 Å². The Bertz CT molecular complexity index is 718. The van der Waals surface area contributed by atoms with Crippen molar-refractivity contribution >= 4 is 17.8 Å². The summed E-state index contributed by atoms with van der Waals surface area (Å²) in [5.41, 5.74) is 0.200. The zero-order valence-electron chi connectivity index (χ0n) is 13.7. The van der Waals surface area contributed by atoms with Gasteiger partial charge in [0.15, 0.2) is 0 Å². The lowest BCUT2D eigenvalue weighted by atomic mass is 9.75. The largest absolute Gasteiger partial charge is 0.481 e. The summed E-state index contributed by atoms with van der Waals surface area (Å²) in [6, 6.07) is 16.4. The van der Waals surface area contributed by atoms with Gasteiger partial charge in [-0.2, -0.15) is 0 Å². The van der Waals surface area contributed by atoms with Gasteiger partial charge in [-0.15, -0.1) is 0 Å². The molecule has 0 aliphatic heterocycles. The number of nitrogens with one attached hydrogen (secondary N) is 1. The standard InChI is InChI=1S/C19H19NO5/c1-19(13-8-4-2-5-9-13,14-10-6-3-7-11-14)18(25)20-15(17(23)24)12-16(21)22/h2-11,15H,12H2,1H3,(H,20,25)(H,21,22)(H,23,24)/t15-/m1/s1. The van der Waals surface area contributed by atoms with Gasteiger partial charge < -0.3 is 15.5 Å². The van der Waals surface area contributed by atoms with Crippen molar-refractivity contribution < 1.29 is 24.6 Å². The molecular formula is C19H19NO5. The third kappa shape index (κ3) is 4.03. The summed E-state index contributed by atoms with van der Waals surface area (Å²) in [4.78, 5) is 35.2. The minimum absolute atomic E-state index is 0.571. The van der Waals surface area contributed by atoms with Crippen LogP contribution in [-0.2, 0) is 19.8 Å². The second-order valence-corrected chi connectivity index (χ2v) is 5.82. The van der Waals surface area contributed by atoms with Crippen LogP contribution in [0.1, 0.15) is 24.5 Å². The van der Waals surface area contributed by atoms with E-state index in [1.54, 1.807) is 55.5 Å². The third-order valence-corrected chi connectivity index (χ3v) is 4.14. The van der Waals surface area contributed by atoms with Gasteiger partial charge in [-0.3, -0.25) is 9.59 Å². The molecule has 0 heterocycles. The number of carbonyl (C=O) groups is 3. The molecule has 25 heavy (non-hydrogen) atoms. The lowest BCUT2D eigenvalue weighted by Gasteiger charge is -2.31. The van der Waals surface area contributed by atoms with Crippen molar-refractivity contribution in [3.8, 4) is 0 Å². The first-order valence-electron chi connectivity index (χ1n) is 7.72. The molecule has 0 aliphatic carbocycles. The van der Waals surface area contributed by atoms with Gasteiger partial charge in [0.25, 0.3) is 0 Å². The number of carboxylic acid groups (broad SMARTS) is 2. The molecule has 6 nitrogen and oxygen atoms in total. The van der Waals surface area contributed by atoms with Crippen LogP contribution in [0.15, 0.2) is 60.7 Å². The number of rotatable bonds is 7.